The van der Waals surface area contributed by atoms with E-state index in [2.05, 4.69) is 5.32 Å². The Kier molecular flexibility index (Phi) is 7.26. The summed E-state index contributed by atoms with van der Waals surface area (Å²) in [6, 6.07) is 8.10. The molecule has 3 N–H and O–H groups in total. The van der Waals surface area contributed by atoms with Gasteiger partial charge in [0, 0.05) is 5.69 Å². The van der Waals surface area contributed by atoms with Crippen molar-refractivity contribution in [1.82, 2.24) is 0 Å². The molecule has 0 aliphatic heterocycles. The van der Waals surface area contributed by atoms with E-state index in [-0.39, 0.29) is 33.3 Å². The van der Waals surface area contributed by atoms with Crippen molar-refractivity contribution in [2.45, 2.75) is 28.5 Å². The van der Waals surface area contributed by atoms with Crippen molar-refractivity contribution in [2.75, 3.05) is 16.5 Å². The summed E-state index contributed by atoms with van der Waals surface area (Å²) < 4.78 is 63.8. The van der Waals surface area contributed by atoms with Crippen molar-refractivity contribution >= 4 is 56.2 Å². The first-order chi connectivity index (χ1) is 14.2. The SMILES string of the molecule is C[C@@](O)(C(=O)Nc1ccc(S(=O)(=O)c2ccc(NC(=O)CCl)cc2)cc1Cl)C(F)(F)F. The Balaban J connectivity index is 2.27. The van der Waals surface area contributed by atoms with Gasteiger partial charge in [0.05, 0.1) is 20.5 Å². The van der Waals surface area contributed by atoms with Gasteiger partial charge in [0.15, 0.2) is 0 Å². The van der Waals surface area contributed by atoms with Crippen LogP contribution in [0, 0.1) is 0 Å². The third-order valence-electron chi connectivity index (χ3n) is 4.06. The number of carbonyl (C=O) groups is 2. The van der Waals surface area contributed by atoms with Gasteiger partial charge in [-0.3, -0.25) is 9.59 Å². The number of aliphatic hydroxyl groups is 1. The number of nitrogens with one attached hydrogen (secondary N) is 2. The quantitative estimate of drug-likeness (QED) is 0.526. The molecule has 0 saturated carbocycles. The van der Waals surface area contributed by atoms with E-state index in [1.807, 2.05) is 5.32 Å². The molecule has 13 heteroatoms. The number of hydrogen-bond donors (Lipinski definition) is 3. The van der Waals surface area contributed by atoms with Crippen LogP contribution in [-0.2, 0) is 19.4 Å². The summed E-state index contributed by atoms with van der Waals surface area (Å²) in [4.78, 5) is 22.6. The first-order valence-electron chi connectivity index (χ1n) is 8.31. The zero-order valence-corrected chi connectivity index (χ0v) is 18.0. The van der Waals surface area contributed by atoms with Crippen LogP contribution in [0.15, 0.2) is 52.3 Å². The molecule has 0 spiro atoms. The zero-order valence-electron chi connectivity index (χ0n) is 15.6. The Hall–Kier alpha value is -2.34. The van der Waals surface area contributed by atoms with E-state index >= 15 is 0 Å². The highest BCUT2D eigenvalue weighted by atomic mass is 35.5. The molecule has 2 rings (SSSR count). The lowest BCUT2D eigenvalue weighted by atomic mass is 10.1. The van der Waals surface area contributed by atoms with Gasteiger partial charge in [0.1, 0.15) is 5.88 Å². The molecule has 0 saturated heterocycles. The summed E-state index contributed by atoms with van der Waals surface area (Å²) in [5.74, 6) is -2.54. The Bertz CT molecular complexity index is 1100. The number of amides is 2. The van der Waals surface area contributed by atoms with Crippen LogP contribution >= 0.6 is 23.2 Å². The van der Waals surface area contributed by atoms with Crippen LogP contribution in [0.2, 0.25) is 5.02 Å². The fourth-order valence-electron chi connectivity index (χ4n) is 2.19. The van der Waals surface area contributed by atoms with Gasteiger partial charge >= 0.3 is 6.18 Å². The molecule has 0 aromatic heterocycles. The molecule has 31 heavy (non-hydrogen) atoms. The van der Waals surface area contributed by atoms with Crippen LogP contribution in [0.4, 0.5) is 24.5 Å². The molecule has 0 aliphatic rings. The molecular weight excluding hydrogens is 484 g/mol. The van der Waals surface area contributed by atoms with Crippen LogP contribution in [0.25, 0.3) is 0 Å². The molecular formula is C18H15Cl2F3N2O5S. The molecule has 1 atom stereocenters. The van der Waals surface area contributed by atoms with Gasteiger partial charge in [-0.1, -0.05) is 11.6 Å². The Morgan fingerprint density at radius 2 is 1.58 bits per heavy atom. The van der Waals surface area contributed by atoms with Gasteiger partial charge in [-0.25, -0.2) is 8.42 Å². The highest BCUT2D eigenvalue weighted by Crippen LogP contribution is 2.33. The summed E-state index contributed by atoms with van der Waals surface area (Å²) in [7, 11) is -4.07. The van der Waals surface area contributed by atoms with Crippen LogP contribution < -0.4 is 10.6 Å². The molecule has 0 bridgehead atoms. The molecule has 0 fully saturated rings. The Labute approximate surface area is 185 Å². The molecule has 0 aliphatic carbocycles. The molecule has 0 radical (unpaired) electrons. The maximum absolute atomic E-state index is 12.8. The first kappa shape index (κ1) is 24.9. The number of sulfone groups is 1. The van der Waals surface area contributed by atoms with Gasteiger partial charge in [0.2, 0.25) is 21.3 Å². The van der Waals surface area contributed by atoms with E-state index in [0.29, 0.717) is 5.69 Å². The maximum Gasteiger partial charge on any atom is 0.426 e. The number of benzene rings is 2. The van der Waals surface area contributed by atoms with Crippen molar-refractivity contribution in [2.24, 2.45) is 0 Å². The first-order valence-corrected chi connectivity index (χ1v) is 10.7. The van der Waals surface area contributed by atoms with E-state index in [4.69, 9.17) is 23.2 Å². The maximum atomic E-state index is 12.8. The molecule has 2 aromatic carbocycles. The molecule has 2 aromatic rings. The molecule has 0 heterocycles. The third-order valence-corrected chi connectivity index (χ3v) is 6.39. The van der Waals surface area contributed by atoms with Crippen molar-refractivity contribution in [3.63, 3.8) is 0 Å². The number of rotatable bonds is 6. The minimum Gasteiger partial charge on any atom is -0.373 e. The predicted molar refractivity (Wildman–Crippen MR) is 108 cm³/mol. The molecule has 2 amide bonds. The smallest absolute Gasteiger partial charge is 0.373 e. The second kappa shape index (κ2) is 9.03. The summed E-state index contributed by atoms with van der Waals surface area (Å²) in [6.45, 7) is 0.272. The Morgan fingerprint density at radius 3 is 2.06 bits per heavy atom. The van der Waals surface area contributed by atoms with Gasteiger partial charge in [-0.2, -0.15) is 13.2 Å². The fourth-order valence-corrected chi connectivity index (χ4v) is 3.83. The van der Waals surface area contributed by atoms with Gasteiger partial charge in [0.25, 0.3) is 5.91 Å². The van der Waals surface area contributed by atoms with E-state index in [0.717, 1.165) is 18.2 Å². The Morgan fingerprint density at radius 1 is 1.03 bits per heavy atom. The van der Waals surface area contributed by atoms with Crippen molar-refractivity contribution in [3.8, 4) is 0 Å². The predicted octanol–water partition coefficient (Wildman–Crippen LogP) is 3.60. The fraction of sp³-hybridized carbons (Fsp3) is 0.222. The number of halogens is 5. The van der Waals surface area contributed by atoms with E-state index < -0.39 is 33.4 Å². The largest absolute Gasteiger partial charge is 0.426 e. The summed E-state index contributed by atoms with van der Waals surface area (Å²) in [5.41, 5.74) is -3.69. The lowest BCUT2D eigenvalue weighted by Gasteiger charge is -2.25. The van der Waals surface area contributed by atoms with Gasteiger partial charge in [-0.15, -0.1) is 11.6 Å². The van der Waals surface area contributed by atoms with Crippen molar-refractivity contribution in [1.29, 1.82) is 0 Å². The van der Waals surface area contributed by atoms with Crippen LogP contribution in [0.1, 0.15) is 6.92 Å². The normalized spacial score (nSPS) is 13.9. The minimum atomic E-state index is -5.23. The third kappa shape index (κ3) is 5.48. The minimum absolute atomic E-state index is 0.149. The monoisotopic (exact) mass is 498 g/mol. The summed E-state index contributed by atoms with van der Waals surface area (Å²) >= 11 is 11.3. The average molecular weight is 499 g/mol. The highest BCUT2D eigenvalue weighted by Gasteiger charge is 2.55. The second-order valence-corrected chi connectivity index (χ2v) is 9.00. The molecule has 168 valence electrons. The van der Waals surface area contributed by atoms with Crippen molar-refractivity contribution < 1.29 is 36.3 Å². The summed E-state index contributed by atoms with van der Waals surface area (Å²) in [6.07, 6.45) is -5.23. The number of carbonyl (C=O) groups excluding carboxylic acids is 2. The standard InChI is InChI=1S/C18H15Cl2F3N2O5S/c1-17(28,18(21,22)23)16(27)25-14-7-6-12(8-13(14)20)31(29,30)11-4-2-10(3-5-11)24-15(26)9-19/h2-8,28H,9H2,1H3,(H,24,26)(H,25,27)/t17-/m1/s1. The zero-order chi connectivity index (χ0) is 23.6. The van der Waals surface area contributed by atoms with Crippen molar-refractivity contribution in [3.05, 3.63) is 47.5 Å². The average Bonchev–Trinajstić information content (AvgIpc) is 2.68. The van der Waals surface area contributed by atoms with E-state index in [1.165, 1.54) is 24.3 Å². The van der Waals surface area contributed by atoms with Gasteiger partial charge < -0.3 is 15.7 Å². The number of alkyl halides is 4. The number of anilines is 2. The molecule has 0 unspecified atom stereocenters. The lowest BCUT2D eigenvalue weighted by molar-refractivity contribution is -0.242. The molecule has 7 nitrogen and oxygen atoms in total. The van der Waals surface area contributed by atoms with Crippen LogP contribution in [0.3, 0.4) is 0 Å². The van der Waals surface area contributed by atoms with E-state index in [1.54, 1.807) is 0 Å². The topological polar surface area (TPSA) is 113 Å². The van der Waals surface area contributed by atoms with Crippen LogP contribution in [0.5, 0.6) is 0 Å². The number of hydrogen-bond acceptors (Lipinski definition) is 5. The highest BCUT2D eigenvalue weighted by molar-refractivity contribution is 7.91. The van der Waals surface area contributed by atoms with Crippen LogP contribution in [-0.4, -0.2) is 43.0 Å². The summed E-state index contributed by atoms with van der Waals surface area (Å²) in [5, 5.41) is 13.3. The lowest BCUT2D eigenvalue weighted by Crippen LogP contribution is -2.52. The van der Waals surface area contributed by atoms with Gasteiger partial charge in [-0.05, 0) is 49.4 Å². The second-order valence-electron chi connectivity index (χ2n) is 6.38. The van der Waals surface area contributed by atoms with E-state index in [9.17, 15) is 36.3 Å².